The van der Waals surface area contributed by atoms with Crippen molar-refractivity contribution in [3.05, 3.63) is 59.2 Å². The average Bonchev–Trinajstić information content (AvgIpc) is 2.84. The van der Waals surface area contributed by atoms with Gasteiger partial charge in [0, 0.05) is 50.5 Å². The number of carbonyl (C=O) groups is 2. The van der Waals surface area contributed by atoms with Gasteiger partial charge in [-0.1, -0.05) is 18.2 Å². The van der Waals surface area contributed by atoms with Crippen molar-refractivity contribution in [1.29, 1.82) is 0 Å². The van der Waals surface area contributed by atoms with Gasteiger partial charge in [-0.2, -0.15) is 0 Å². The molecule has 1 atom stereocenters. The van der Waals surface area contributed by atoms with Crippen LogP contribution in [-0.2, 0) is 0 Å². The number of hydrogen-bond acceptors (Lipinski definition) is 4. The second kappa shape index (κ2) is 8.49. The Labute approximate surface area is 190 Å². The van der Waals surface area contributed by atoms with E-state index in [1.807, 2.05) is 28.0 Å². The summed E-state index contributed by atoms with van der Waals surface area (Å²) in [6, 6.07) is 14.1. The largest absolute Gasteiger partial charge is 0.368 e. The van der Waals surface area contributed by atoms with Crippen molar-refractivity contribution in [3.8, 4) is 0 Å². The lowest BCUT2D eigenvalue weighted by atomic mass is 9.97. The molecular weight excluding hydrogens is 400 g/mol. The van der Waals surface area contributed by atoms with E-state index in [2.05, 4.69) is 47.9 Å². The summed E-state index contributed by atoms with van der Waals surface area (Å²) in [5, 5.41) is 0. The highest BCUT2D eigenvalue weighted by atomic mass is 16.2. The number of carbonyl (C=O) groups excluding carboxylic acids is 2. The number of aryl methyl sites for hydroxylation is 1. The molecule has 3 heterocycles. The molecule has 3 aliphatic heterocycles. The van der Waals surface area contributed by atoms with E-state index >= 15 is 0 Å². The first-order chi connectivity index (χ1) is 15.6. The van der Waals surface area contributed by atoms with E-state index in [1.54, 1.807) is 0 Å². The lowest BCUT2D eigenvalue weighted by Crippen LogP contribution is -2.57. The number of hydrogen-bond donors (Lipinski definition) is 0. The summed E-state index contributed by atoms with van der Waals surface area (Å²) in [6.45, 7) is 8.99. The van der Waals surface area contributed by atoms with Crippen molar-refractivity contribution < 1.29 is 9.59 Å². The molecule has 2 aromatic carbocycles. The topological polar surface area (TPSA) is 47.1 Å². The van der Waals surface area contributed by atoms with Crippen LogP contribution >= 0.6 is 0 Å². The third-order valence-corrected chi connectivity index (χ3v) is 7.24. The number of piperazine rings is 1. The van der Waals surface area contributed by atoms with Crippen LogP contribution in [0.2, 0.25) is 0 Å². The van der Waals surface area contributed by atoms with Crippen LogP contribution in [0.3, 0.4) is 0 Å². The van der Waals surface area contributed by atoms with Gasteiger partial charge in [0.2, 0.25) is 0 Å². The van der Waals surface area contributed by atoms with Crippen molar-refractivity contribution in [3.63, 3.8) is 0 Å². The first-order valence-electron chi connectivity index (χ1n) is 11.9. The van der Waals surface area contributed by atoms with Crippen molar-refractivity contribution in [2.45, 2.75) is 39.3 Å². The molecule has 2 aromatic rings. The fourth-order valence-electron chi connectivity index (χ4n) is 5.51. The van der Waals surface area contributed by atoms with Gasteiger partial charge in [-0.3, -0.25) is 9.59 Å². The van der Waals surface area contributed by atoms with Crippen LogP contribution in [0, 0.1) is 6.92 Å². The van der Waals surface area contributed by atoms with Crippen molar-refractivity contribution in [1.82, 2.24) is 9.80 Å². The smallest absolute Gasteiger partial charge is 0.257 e. The van der Waals surface area contributed by atoms with Gasteiger partial charge >= 0.3 is 0 Å². The van der Waals surface area contributed by atoms with Gasteiger partial charge in [0.15, 0.2) is 0 Å². The summed E-state index contributed by atoms with van der Waals surface area (Å²) < 4.78 is 0. The van der Waals surface area contributed by atoms with E-state index in [0.717, 1.165) is 56.7 Å². The summed E-state index contributed by atoms with van der Waals surface area (Å²) in [5.41, 5.74) is 4.85. The normalized spacial score (nSPS) is 20.8. The van der Waals surface area contributed by atoms with E-state index in [0.29, 0.717) is 18.7 Å². The first kappa shape index (κ1) is 20.9. The third kappa shape index (κ3) is 3.51. The van der Waals surface area contributed by atoms with Crippen LogP contribution in [0.4, 0.5) is 11.4 Å². The lowest BCUT2D eigenvalue weighted by Gasteiger charge is -2.47. The van der Waals surface area contributed by atoms with Crippen LogP contribution in [0.5, 0.6) is 0 Å². The molecule has 0 saturated carbocycles. The number of amides is 2. The van der Waals surface area contributed by atoms with Crippen molar-refractivity contribution >= 4 is 23.2 Å². The third-order valence-electron chi connectivity index (χ3n) is 7.24. The summed E-state index contributed by atoms with van der Waals surface area (Å²) in [5.74, 6) is 0.173. The Morgan fingerprint density at radius 2 is 1.75 bits per heavy atom. The molecule has 32 heavy (non-hydrogen) atoms. The number of nitrogens with zero attached hydrogens (tertiary/aromatic N) is 4. The van der Waals surface area contributed by atoms with Gasteiger partial charge in [0.05, 0.1) is 11.3 Å². The number of benzene rings is 2. The molecule has 0 radical (unpaired) electrons. The Hall–Kier alpha value is -3.02. The van der Waals surface area contributed by atoms with Gasteiger partial charge in [-0.15, -0.1) is 0 Å². The Bertz CT molecular complexity index is 1030. The molecular formula is C26H32N4O2. The summed E-state index contributed by atoms with van der Waals surface area (Å²) in [6.07, 6.45) is 3.33. The van der Waals surface area contributed by atoms with Crippen LogP contribution in [0.1, 0.15) is 52.5 Å². The van der Waals surface area contributed by atoms with Gasteiger partial charge in [-0.05, 0) is 62.9 Å². The highest BCUT2D eigenvalue weighted by Gasteiger charge is 2.38. The molecule has 0 N–H and O–H groups in total. The number of fused-ring (bicyclic) bond motifs is 2. The molecule has 168 valence electrons. The van der Waals surface area contributed by atoms with E-state index in [-0.39, 0.29) is 18.0 Å². The van der Waals surface area contributed by atoms with Crippen molar-refractivity contribution in [2.75, 3.05) is 49.1 Å². The fraction of sp³-hybridized carbons (Fsp3) is 0.462. The van der Waals surface area contributed by atoms with Crippen LogP contribution in [-0.4, -0.2) is 67.0 Å². The minimum atomic E-state index is 0.0619. The summed E-state index contributed by atoms with van der Waals surface area (Å²) >= 11 is 0. The Morgan fingerprint density at radius 3 is 2.50 bits per heavy atom. The minimum Gasteiger partial charge on any atom is -0.368 e. The molecule has 2 saturated heterocycles. The van der Waals surface area contributed by atoms with Crippen LogP contribution < -0.4 is 9.80 Å². The first-order valence-corrected chi connectivity index (χ1v) is 11.9. The maximum Gasteiger partial charge on any atom is 0.257 e. The maximum atomic E-state index is 13.3. The zero-order chi connectivity index (χ0) is 22.2. The number of para-hydroxylation sites is 1. The maximum absolute atomic E-state index is 13.3. The standard InChI is InChI=1S/C26H32N4O2/c1-3-29-23-18-20(11-12-21(23)26(32)30-13-7-6-10-24(29)30)25(31)28-16-14-27(15-17-28)22-9-5-4-8-19(22)2/h4-5,8-9,11-12,18,24H,3,6-7,10,13-17H2,1-2H3/t24-/m1/s1. The van der Waals surface area contributed by atoms with Crippen molar-refractivity contribution in [2.24, 2.45) is 0 Å². The summed E-state index contributed by atoms with van der Waals surface area (Å²) in [7, 11) is 0. The molecule has 0 unspecified atom stereocenters. The van der Waals surface area contributed by atoms with E-state index in [4.69, 9.17) is 0 Å². The van der Waals surface area contributed by atoms with Gasteiger partial charge in [0.1, 0.15) is 6.17 Å². The number of anilines is 2. The second-order valence-corrected chi connectivity index (χ2v) is 9.06. The fourth-order valence-corrected chi connectivity index (χ4v) is 5.51. The molecule has 2 fully saturated rings. The van der Waals surface area contributed by atoms with Crippen LogP contribution in [0.15, 0.2) is 42.5 Å². The lowest BCUT2D eigenvalue weighted by molar-refractivity contribution is 0.0581. The Kier molecular flexibility index (Phi) is 5.53. The molecule has 0 spiro atoms. The zero-order valence-electron chi connectivity index (χ0n) is 19.1. The molecule has 3 aliphatic rings. The number of piperidine rings is 1. The van der Waals surface area contributed by atoms with Gasteiger partial charge in [-0.25, -0.2) is 0 Å². The molecule has 6 heteroatoms. The molecule has 2 amide bonds. The minimum absolute atomic E-state index is 0.0619. The highest BCUT2D eigenvalue weighted by molar-refractivity contribution is 6.04. The zero-order valence-corrected chi connectivity index (χ0v) is 19.1. The molecule has 0 aliphatic carbocycles. The predicted octanol–water partition coefficient (Wildman–Crippen LogP) is 3.75. The Morgan fingerprint density at radius 1 is 0.969 bits per heavy atom. The quantitative estimate of drug-likeness (QED) is 0.741. The SMILES string of the molecule is CCN1c2cc(C(=O)N3CCN(c4ccccc4C)CC3)ccc2C(=O)N2CCCC[C@@H]21. The highest BCUT2D eigenvalue weighted by Crippen LogP contribution is 2.36. The average molecular weight is 433 g/mol. The Balaban J connectivity index is 1.35. The predicted molar refractivity (Wildman–Crippen MR) is 127 cm³/mol. The molecule has 0 bridgehead atoms. The van der Waals surface area contributed by atoms with Crippen LogP contribution in [0.25, 0.3) is 0 Å². The van der Waals surface area contributed by atoms with Gasteiger partial charge in [0.25, 0.3) is 11.8 Å². The molecule has 6 nitrogen and oxygen atoms in total. The second-order valence-electron chi connectivity index (χ2n) is 9.06. The van der Waals surface area contributed by atoms with E-state index < -0.39 is 0 Å². The molecule has 5 rings (SSSR count). The monoisotopic (exact) mass is 432 g/mol. The summed E-state index contributed by atoms with van der Waals surface area (Å²) in [4.78, 5) is 35.1. The number of rotatable bonds is 3. The van der Waals surface area contributed by atoms with E-state index in [1.165, 1.54) is 11.3 Å². The van der Waals surface area contributed by atoms with E-state index in [9.17, 15) is 9.59 Å². The molecule has 0 aromatic heterocycles. The van der Waals surface area contributed by atoms with Gasteiger partial charge < -0.3 is 19.6 Å².